The average Bonchev–Trinajstić information content (AvgIpc) is 3.07. The largest absolute Gasteiger partial charge is 0.465 e. The number of nitrogens with one attached hydrogen (secondary N) is 1. The minimum atomic E-state index is -0.435. The molecule has 2 amide bonds. The molecule has 5 rings (SSSR count). The lowest BCUT2D eigenvalue weighted by Crippen LogP contribution is -2.44. The molecule has 48 heavy (non-hydrogen) atoms. The van der Waals surface area contributed by atoms with Crippen LogP contribution in [0.5, 0.6) is 0 Å². The summed E-state index contributed by atoms with van der Waals surface area (Å²) in [5.74, 6) is 2.79. The molecule has 10 heteroatoms. The maximum Gasteiger partial charge on any atom is 0.410 e. The van der Waals surface area contributed by atoms with Crippen molar-refractivity contribution in [1.29, 1.82) is 0 Å². The van der Waals surface area contributed by atoms with E-state index in [2.05, 4.69) is 10.2 Å². The summed E-state index contributed by atoms with van der Waals surface area (Å²) >= 11 is 0. The summed E-state index contributed by atoms with van der Waals surface area (Å²) in [5, 5.41) is 3.42. The molecule has 10 nitrogen and oxygen atoms in total. The van der Waals surface area contributed by atoms with Crippen molar-refractivity contribution in [1.82, 2.24) is 15.1 Å². The van der Waals surface area contributed by atoms with Crippen molar-refractivity contribution >= 4 is 23.8 Å². The summed E-state index contributed by atoms with van der Waals surface area (Å²) in [6.45, 7) is 19.2. The Morgan fingerprint density at radius 2 is 0.979 bits per heavy atom. The number of ether oxygens (including phenoxy) is 3. The quantitative estimate of drug-likeness (QED) is 0.271. The second-order valence-corrected chi connectivity index (χ2v) is 16.1. The van der Waals surface area contributed by atoms with Gasteiger partial charge in [0.25, 0.3) is 0 Å². The van der Waals surface area contributed by atoms with E-state index in [9.17, 15) is 14.4 Å². The van der Waals surface area contributed by atoms with Crippen LogP contribution in [0.15, 0.2) is 24.3 Å². The number of piperidine rings is 4. The van der Waals surface area contributed by atoms with Crippen molar-refractivity contribution in [2.45, 2.75) is 104 Å². The van der Waals surface area contributed by atoms with Crippen LogP contribution in [0.2, 0.25) is 0 Å². The highest BCUT2D eigenvalue weighted by Crippen LogP contribution is 2.35. The number of hydrogen-bond donors (Lipinski definition) is 1. The van der Waals surface area contributed by atoms with Gasteiger partial charge in [0.05, 0.1) is 12.7 Å². The summed E-state index contributed by atoms with van der Waals surface area (Å²) in [6, 6.07) is 7.68. The standard InChI is InChI=1S/C23H34N2O4.C15H28N2O2/c1-23(2,3)29-22(27)25-15-11-18(12-16-25)17-9-13-24(14-10-17)20-7-5-19(6-8-20)21(26)28-4;1-15(2,3)19-14(18)17-10-6-13(7-11-17)12-4-8-16-9-5-12/h5-8,17-18H,9-16H2,1-4H3;12-13,16H,4-11H2,1-3H3. The van der Waals surface area contributed by atoms with E-state index in [4.69, 9.17) is 14.2 Å². The fourth-order valence-electron chi connectivity index (χ4n) is 7.63. The summed E-state index contributed by atoms with van der Waals surface area (Å²) < 4.78 is 15.7. The number of amides is 2. The maximum absolute atomic E-state index is 12.2. The zero-order chi connectivity index (χ0) is 34.9. The molecule has 4 fully saturated rings. The Kier molecular flexibility index (Phi) is 13.5. The third kappa shape index (κ3) is 11.6. The molecular formula is C38H62N4O6. The molecule has 4 aliphatic heterocycles. The van der Waals surface area contributed by atoms with Gasteiger partial charge in [-0.3, -0.25) is 0 Å². The van der Waals surface area contributed by atoms with Gasteiger partial charge in [0.1, 0.15) is 11.2 Å². The van der Waals surface area contributed by atoms with Crippen LogP contribution >= 0.6 is 0 Å². The maximum atomic E-state index is 12.2. The number of likely N-dealkylation sites (tertiary alicyclic amines) is 2. The van der Waals surface area contributed by atoms with Crippen molar-refractivity contribution in [3.8, 4) is 0 Å². The number of rotatable bonds is 4. The molecule has 0 saturated carbocycles. The van der Waals surface area contributed by atoms with E-state index < -0.39 is 5.60 Å². The fourth-order valence-corrected chi connectivity index (χ4v) is 7.63. The Balaban J connectivity index is 0.000000237. The van der Waals surface area contributed by atoms with Gasteiger partial charge in [-0.2, -0.15) is 0 Å². The number of anilines is 1. The van der Waals surface area contributed by atoms with Gasteiger partial charge in [0.15, 0.2) is 0 Å². The van der Waals surface area contributed by atoms with Gasteiger partial charge in [0, 0.05) is 45.0 Å². The first kappa shape index (κ1) is 37.8. The van der Waals surface area contributed by atoms with Crippen LogP contribution in [0.4, 0.5) is 15.3 Å². The van der Waals surface area contributed by atoms with E-state index in [1.54, 1.807) is 0 Å². The zero-order valence-corrected chi connectivity index (χ0v) is 30.7. The number of hydrogen-bond acceptors (Lipinski definition) is 8. The van der Waals surface area contributed by atoms with Gasteiger partial charge >= 0.3 is 18.2 Å². The minimum absolute atomic E-state index is 0.142. The number of nitrogens with zero attached hydrogens (tertiary/aromatic N) is 3. The first-order chi connectivity index (χ1) is 22.7. The second-order valence-electron chi connectivity index (χ2n) is 16.1. The highest BCUT2D eigenvalue weighted by Gasteiger charge is 2.33. The Morgan fingerprint density at radius 1 is 0.604 bits per heavy atom. The smallest absolute Gasteiger partial charge is 0.410 e. The van der Waals surface area contributed by atoms with Crippen molar-refractivity contribution in [3.63, 3.8) is 0 Å². The lowest BCUT2D eigenvalue weighted by Gasteiger charge is -2.41. The van der Waals surface area contributed by atoms with Crippen molar-refractivity contribution < 1.29 is 28.6 Å². The first-order valence-electron chi connectivity index (χ1n) is 18.3. The highest BCUT2D eigenvalue weighted by molar-refractivity contribution is 5.89. The first-order valence-corrected chi connectivity index (χ1v) is 18.3. The summed E-state index contributed by atoms with van der Waals surface area (Å²) in [4.78, 5) is 42.0. The van der Waals surface area contributed by atoms with Crippen LogP contribution < -0.4 is 10.2 Å². The molecule has 0 radical (unpaired) electrons. The molecule has 0 aliphatic carbocycles. The fraction of sp³-hybridized carbons (Fsp3) is 0.763. The topological polar surface area (TPSA) is 101 Å². The molecule has 4 aliphatic rings. The Hall–Kier alpha value is -3.01. The molecule has 270 valence electrons. The van der Waals surface area contributed by atoms with Gasteiger partial charge in [-0.05, 0) is 154 Å². The highest BCUT2D eigenvalue weighted by atomic mass is 16.6. The van der Waals surface area contributed by atoms with Crippen LogP contribution in [0, 0.1) is 23.7 Å². The minimum Gasteiger partial charge on any atom is -0.465 e. The lowest BCUT2D eigenvalue weighted by atomic mass is 9.79. The monoisotopic (exact) mass is 670 g/mol. The van der Waals surface area contributed by atoms with E-state index in [1.807, 2.05) is 75.6 Å². The van der Waals surface area contributed by atoms with Crippen LogP contribution in [0.1, 0.15) is 103 Å². The Bertz CT molecular complexity index is 1160. The van der Waals surface area contributed by atoms with Crippen LogP contribution in [0.3, 0.4) is 0 Å². The zero-order valence-electron chi connectivity index (χ0n) is 30.7. The van der Waals surface area contributed by atoms with E-state index in [-0.39, 0.29) is 23.8 Å². The molecule has 4 heterocycles. The third-order valence-corrected chi connectivity index (χ3v) is 10.3. The molecule has 1 aromatic rings. The average molecular weight is 671 g/mol. The molecule has 1 aromatic carbocycles. The van der Waals surface area contributed by atoms with Crippen LogP contribution in [-0.2, 0) is 14.2 Å². The number of benzene rings is 1. The molecular weight excluding hydrogens is 608 g/mol. The summed E-state index contributed by atoms with van der Waals surface area (Å²) in [5.41, 5.74) is 0.928. The van der Waals surface area contributed by atoms with Crippen molar-refractivity contribution in [3.05, 3.63) is 29.8 Å². The number of esters is 1. The van der Waals surface area contributed by atoms with Gasteiger partial charge < -0.3 is 34.2 Å². The SMILES string of the molecule is CC(C)(C)OC(=O)N1CCC(C2CCNCC2)CC1.COC(=O)c1ccc(N2CCC(C3CCN(C(=O)OC(C)(C)C)CC3)CC2)cc1. The molecule has 0 spiro atoms. The second kappa shape index (κ2) is 17.1. The Labute approximate surface area is 289 Å². The summed E-state index contributed by atoms with van der Waals surface area (Å²) in [7, 11) is 1.40. The van der Waals surface area contributed by atoms with E-state index >= 15 is 0 Å². The van der Waals surface area contributed by atoms with Gasteiger partial charge in [-0.1, -0.05) is 0 Å². The van der Waals surface area contributed by atoms with E-state index in [0.29, 0.717) is 11.5 Å². The van der Waals surface area contributed by atoms with Crippen LogP contribution in [0.25, 0.3) is 0 Å². The lowest BCUT2D eigenvalue weighted by molar-refractivity contribution is 0.0142. The van der Waals surface area contributed by atoms with Gasteiger partial charge in [0.2, 0.25) is 0 Å². The predicted octanol–water partition coefficient (Wildman–Crippen LogP) is 6.97. The summed E-state index contributed by atoms with van der Waals surface area (Å²) in [6.07, 6.45) is 9.06. The van der Waals surface area contributed by atoms with Gasteiger partial charge in [-0.25, -0.2) is 14.4 Å². The van der Waals surface area contributed by atoms with E-state index in [1.165, 1.54) is 32.8 Å². The predicted molar refractivity (Wildman–Crippen MR) is 189 cm³/mol. The number of methoxy groups -OCH3 is 1. The molecule has 0 aromatic heterocycles. The van der Waals surface area contributed by atoms with Gasteiger partial charge in [-0.15, -0.1) is 0 Å². The molecule has 1 N–H and O–H groups in total. The number of carbonyl (C=O) groups is 3. The molecule has 4 saturated heterocycles. The van der Waals surface area contributed by atoms with Crippen LogP contribution in [-0.4, -0.2) is 98.6 Å². The van der Waals surface area contributed by atoms with Crippen molar-refractivity contribution in [2.24, 2.45) is 23.7 Å². The number of carbonyl (C=O) groups excluding carboxylic acids is 3. The molecule has 0 bridgehead atoms. The Morgan fingerprint density at radius 3 is 1.35 bits per heavy atom. The molecule has 0 atom stereocenters. The normalized spacial score (nSPS) is 20.9. The third-order valence-electron chi connectivity index (χ3n) is 10.3. The molecule has 0 unspecified atom stereocenters. The van der Waals surface area contributed by atoms with Crippen molar-refractivity contribution in [2.75, 3.05) is 64.4 Å². The van der Waals surface area contributed by atoms with E-state index in [0.717, 1.165) is 101 Å².